The normalized spacial score (nSPS) is 9.11. The summed E-state index contributed by atoms with van der Waals surface area (Å²) in [4.78, 5) is 11.1. The van der Waals surface area contributed by atoms with Gasteiger partial charge in [0.2, 0.25) is 0 Å². The van der Waals surface area contributed by atoms with E-state index >= 15 is 0 Å². The van der Waals surface area contributed by atoms with Gasteiger partial charge in [0.05, 0.1) is 0 Å². The molecule has 0 aliphatic heterocycles. The van der Waals surface area contributed by atoms with Crippen LogP contribution in [0.5, 0.6) is 5.75 Å². The largest absolute Gasteiger partial charge is 0.489 e. The zero-order valence-electron chi connectivity index (χ0n) is 11.1. The number of ketones is 1. The Morgan fingerprint density at radius 3 is 2.11 bits per heavy atom. The molecule has 0 aromatic heterocycles. The summed E-state index contributed by atoms with van der Waals surface area (Å²) >= 11 is 0. The van der Waals surface area contributed by atoms with Crippen molar-refractivity contribution in [3.63, 3.8) is 0 Å². The summed E-state index contributed by atoms with van der Waals surface area (Å²) in [6, 6.07) is 17.2. The van der Waals surface area contributed by atoms with Crippen LogP contribution in [0.1, 0.15) is 22.8 Å². The zero-order valence-corrected chi connectivity index (χ0v) is 11.1. The third-order valence-electron chi connectivity index (χ3n) is 2.51. The molecule has 0 radical (unpaired) electrons. The fourth-order valence-electron chi connectivity index (χ4n) is 1.53. The third kappa shape index (κ3) is 4.80. The summed E-state index contributed by atoms with van der Waals surface area (Å²) < 4.78 is 5.62. The molecular formula is C17H18O2. The van der Waals surface area contributed by atoms with E-state index in [0.717, 1.165) is 11.3 Å². The van der Waals surface area contributed by atoms with Crippen molar-refractivity contribution in [2.75, 3.05) is 0 Å². The van der Waals surface area contributed by atoms with Gasteiger partial charge in [0.1, 0.15) is 12.4 Å². The van der Waals surface area contributed by atoms with Crippen LogP contribution in [-0.4, -0.2) is 5.78 Å². The second-order valence-electron chi connectivity index (χ2n) is 3.85. The van der Waals surface area contributed by atoms with E-state index < -0.39 is 0 Å². The molecule has 0 aliphatic carbocycles. The van der Waals surface area contributed by atoms with Crippen LogP contribution in [0.15, 0.2) is 67.8 Å². The molecule has 0 saturated carbocycles. The molecule has 19 heavy (non-hydrogen) atoms. The highest BCUT2D eigenvalue weighted by atomic mass is 16.5. The molecule has 0 aliphatic rings. The Hall–Kier alpha value is -2.35. The topological polar surface area (TPSA) is 26.3 Å². The Labute approximate surface area is 114 Å². The first-order valence-electron chi connectivity index (χ1n) is 6.03. The van der Waals surface area contributed by atoms with E-state index in [-0.39, 0.29) is 5.78 Å². The van der Waals surface area contributed by atoms with E-state index in [1.165, 1.54) is 0 Å². The lowest BCUT2D eigenvalue weighted by molar-refractivity contribution is 0.101. The number of carbonyl (C=O) groups is 1. The fourth-order valence-corrected chi connectivity index (χ4v) is 1.53. The molecule has 2 heteroatoms. The van der Waals surface area contributed by atoms with Crippen molar-refractivity contribution in [1.82, 2.24) is 0 Å². The molecule has 2 aromatic rings. The first-order chi connectivity index (χ1) is 9.25. The van der Waals surface area contributed by atoms with Crippen molar-refractivity contribution in [3.8, 4) is 5.75 Å². The second-order valence-corrected chi connectivity index (χ2v) is 3.85. The molecule has 2 aromatic carbocycles. The van der Waals surface area contributed by atoms with Gasteiger partial charge in [0.15, 0.2) is 5.78 Å². The van der Waals surface area contributed by atoms with Gasteiger partial charge in [0.25, 0.3) is 0 Å². The Morgan fingerprint density at radius 2 is 1.58 bits per heavy atom. The smallest absolute Gasteiger partial charge is 0.159 e. The molecule has 0 saturated heterocycles. The van der Waals surface area contributed by atoms with Crippen LogP contribution >= 0.6 is 0 Å². The molecule has 0 unspecified atom stereocenters. The molecule has 0 atom stereocenters. The minimum atomic E-state index is 0.0691. The average Bonchev–Trinajstić information content (AvgIpc) is 2.49. The highest BCUT2D eigenvalue weighted by Gasteiger charge is 1.99. The molecule has 2 nitrogen and oxygen atoms in total. The maximum atomic E-state index is 11.1. The Bertz CT molecular complexity index is 501. The summed E-state index contributed by atoms with van der Waals surface area (Å²) in [5.74, 6) is 0.846. The predicted octanol–water partition coefficient (Wildman–Crippen LogP) is 4.27. The van der Waals surface area contributed by atoms with E-state index in [9.17, 15) is 4.79 Å². The number of rotatable bonds is 4. The molecule has 0 N–H and O–H groups in total. The molecule has 0 bridgehead atoms. The lowest BCUT2D eigenvalue weighted by atomic mass is 10.1. The molecule has 0 heterocycles. The molecule has 98 valence electrons. The monoisotopic (exact) mass is 254 g/mol. The van der Waals surface area contributed by atoms with Gasteiger partial charge in [-0.1, -0.05) is 30.3 Å². The lowest BCUT2D eigenvalue weighted by Gasteiger charge is -2.06. The average molecular weight is 254 g/mol. The van der Waals surface area contributed by atoms with Crippen LogP contribution < -0.4 is 4.74 Å². The fraction of sp³-hybridized carbons (Fsp3) is 0.118. The van der Waals surface area contributed by atoms with Crippen LogP contribution in [0.2, 0.25) is 0 Å². The van der Waals surface area contributed by atoms with Gasteiger partial charge in [-0.25, -0.2) is 0 Å². The van der Waals surface area contributed by atoms with Crippen molar-refractivity contribution < 1.29 is 9.53 Å². The Morgan fingerprint density at radius 1 is 1.00 bits per heavy atom. The predicted molar refractivity (Wildman–Crippen MR) is 78.5 cm³/mol. The number of benzene rings is 2. The highest BCUT2D eigenvalue weighted by molar-refractivity contribution is 5.94. The third-order valence-corrected chi connectivity index (χ3v) is 2.51. The number of ether oxygens (including phenoxy) is 1. The van der Waals surface area contributed by atoms with Gasteiger partial charge >= 0.3 is 0 Å². The summed E-state index contributed by atoms with van der Waals surface area (Å²) in [7, 11) is 0. The van der Waals surface area contributed by atoms with E-state index in [1.54, 1.807) is 19.1 Å². The summed E-state index contributed by atoms with van der Waals surface area (Å²) in [5.41, 5.74) is 1.83. The van der Waals surface area contributed by atoms with Crippen LogP contribution in [0.4, 0.5) is 0 Å². The lowest BCUT2D eigenvalue weighted by Crippen LogP contribution is -1.96. The zero-order chi connectivity index (χ0) is 14.1. The summed E-state index contributed by atoms with van der Waals surface area (Å²) in [5, 5.41) is 0. The van der Waals surface area contributed by atoms with E-state index in [1.807, 2.05) is 42.5 Å². The quantitative estimate of drug-likeness (QED) is 0.601. The van der Waals surface area contributed by atoms with E-state index in [2.05, 4.69) is 13.2 Å². The van der Waals surface area contributed by atoms with Gasteiger partial charge in [-0.05, 0) is 36.8 Å². The van der Waals surface area contributed by atoms with Crippen molar-refractivity contribution in [2.45, 2.75) is 13.5 Å². The first kappa shape index (κ1) is 14.7. The van der Waals surface area contributed by atoms with Crippen molar-refractivity contribution in [3.05, 3.63) is 78.9 Å². The van der Waals surface area contributed by atoms with Crippen molar-refractivity contribution in [1.29, 1.82) is 0 Å². The first-order valence-corrected chi connectivity index (χ1v) is 6.03. The van der Waals surface area contributed by atoms with E-state index in [4.69, 9.17) is 4.74 Å². The number of Topliss-reactive ketones (excluding diaryl/α,β-unsaturated/α-hetero) is 1. The number of hydrogen-bond donors (Lipinski definition) is 0. The summed E-state index contributed by atoms with van der Waals surface area (Å²) in [6.07, 6.45) is 0. The maximum Gasteiger partial charge on any atom is 0.159 e. The minimum Gasteiger partial charge on any atom is -0.489 e. The standard InChI is InChI=1S/C15H14O2.C2H4/c1-12(16)14-7-9-15(10-8-14)17-11-13-5-3-2-4-6-13;1-2/h2-10H,11H2,1H3;1-2H2. The molecular weight excluding hydrogens is 236 g/mol. The summed E-state index contributed by atoms with van der Waals surface area (Å²) in [6.45, 7) is 8.10. The maximum absolute atomic E-state index is 11.1. The number of hydrogen-bond acceptors (Lipinski definition) is 2. The van der Waals surface area contributed by atoms with Crippen molar-refractivity contribution in [2.24, 2.45) is 0 Å². The molecule has 0 spiro atoms. The highest BCUT2D eigenvalue weighted by Crippen LogP contribution is 2.14. The molecule has 2 rings (SSSR count). The van der Waals surface area contributed by atoms with Crippen LogP contribution in [0.25, 0.3) is 0 Å². The molecule has 0 fully saturated rings. The van der Waals surface area contributed by atoms with Gasteiger partial charge in [-0.3, -0.25) is 4.79 Å². The second kappa shape index (κ2) is 7.88. The Balaban J connectivity index is 0.000000861. The van der Waals surface area contributed by atoms with Crippen LogP contribution in [-0.2, 0) is 6.61 Å². The number of carbonyl (C=O) groups excluding carboxylic acids is 1. The van der Waals surface area contributed by atoms with Crippen LogP contribution in [0, 0.1) is 0 Å². The van der Waals surface area contributed by atoms with Gasteiger partial charge in [-0.2, -0.15) is 0 Å². The van der Waals surface area contributed by atoms with Crippen LogP contribution in [0.3, 0.4) is 0 Å². The van der Waals surface area contributed by atoms with E-state index in [0.29, 0.717) is 12.2 Å². The molecule has 0 amide bonds. The minimum absolute atomic E-state index is 0.0691. The Kier molecular flexibility index (Phi) is 6.10. The van der Waals surface area contributed by atoms with Gasteiger partial charge in [0, 0.05) is 5.56 Å². The van der Waals surface area contributed by atoms with Crippen molar-refractivity contribution >= 4 is 5.78 Å². The SMILES string of the molecule is C=C.CC(=O)c1ccc(OCc2ccccc2)cc1. The van der Waals surface area contributed by atoms with Gasteiger partial charge in [-0.15, -0.1) is 13.2 Å². The van der Waals surface area contributed by atoms with Gasteiger partial charge < -0.3 is 4.74 Å².